The molecular formula is C20H13FN2O2. The van der Waals surface area contributed by atoms with Gasteiger partial charge in [0, 0.05) is 0 Å². The van der Waals surface area contributed by atoms with Crippen molar-refractivity contribution < 1.29 is 14.2 Å². The van der Waals surface area contributed by atoms with Crippen molar-refractivity contribution in [1.82, 2.24) is 9.97 Å². The van der Waals surface area contributed by atoms with Gasteiger partial charge in [0.1, 0.15) is 17.3 Å². The Kier molecular flexibility index (Phi) is 3.74. The molecule has 4 aromatic rings. The monoisotopic (exact) mass is 332 g/mol. The molecule has 4 rings (SSSR count). The molecule has 0 atom stereocenters. The molecular weight excluding hydrogens is 319 g/mol. The molecule has 1 aromatic heterocycles. The average molecular weight is 332 g/mol. The van der Waals surface area contributed by atoms with Crippen LogP contribution in [0.4, 0.5) is 4.39 Å². The summed E-state index contributed by atoms with van der Waals surface area (Å²) in [6, 6.07) is 20.0. The first-order valence-corrected chi connectivity index (χ1v) is 7.69. The highest BCUT2D eigenvalue weighted by atomic mass is 19.1. The summed E-state index contributed by atoms with van der Waals surface area (Å²) in [6.07, 6.45) is 0. The lowest BCUT2D eigenvalue weighted by Crippen LogP contribution is -1.96. The molecule has 0 fully saturated rings. The third-order valence-corrected chi connectivity index (χ3v) is 3.74. The zero-order valence-corrected chi connectivity index (χ0v) is 13.1. The van der Waals surface area contributed by atoms with Gasteiger partial charge in [-0.2, -0.15) is 4.98 Å². The Morgan fingerprint density at radius 1 is 0.800 bits per heavy atom. The molecule has 1 N–H and O–H groups in total. The topological polar surface area (TPSA) is 55.2 Å². The van der Waals surface area contributed by atoms with Gasteiger partial charge in [-0.1, -0.05) is 24.3 Å². The predicted octanol–water partition coefficient (Wildman–Crippen LogP) is 4.93. The minimum Gasteiger partial charge on any atom is -0.507 e. The van der Waals surface area contributed by atoms with Crippen LogP contribution in [0.1, 0.15) is 0 Å². The van der Waals surface area contributed by atoms with Crippen LogP contribution < -0.4 is 4.74 Å². The summed E-state index contributed by atoms with van der Waals surface area (Å²) >= 11 is 0. The summed E-state index contributed by atoms with van der Waals surface area (Å²) in [6.45, 7) is 0. The first kappa shape index (κ1) is 15.1. The molecule has 0 unspecified atom stereocenters. The van der Waals surface area contributed by atoms with Crippen LogP contribution >= 0.6 is 0 Å². The Labute approximate surface area is 143 Å². The van der Waals surface area contributed by atoms with Crippen molar-refractivity contribution in [2.75, 3.05) is 0 Å². The van der Waals surface area contributed by atoms with E-state index in [-0.39, 0.29) is 11.6 Å². The molecule has 122 valence electrons. The number of aromatic hydroxyl groups is 1. The van der Waals surface area contributed by atoms with E-state index in [0.717, 1.165) is 5.39 Å². The lowest BCUT2D eigenvalue weighted by atomic mass is 10.1. The molecule has 0 bridgehead atoms. The molecule has 4 nitrogen and oxygen atoms in total. The number of benzene rings is 3. The Hall–Kier alpha value is -3.47. The number of para-hydroxylation sites is 2. The van der Waals surface area contributed by atoms with E-state index in [2.05, 4.69) is 9.97 Å². The molecule has 0 aliphatic heterocycles. The van der Waals surface area contributed by atoms with Crippen LogP contribution in [0.25, 0.3) is 22.3 Å². The molecule has 3 aromatic carbocycles. The molecule has 0 amide bonds. The zero-order chi connectivity index (χ0) is 17.2. The summed E-state index contributed by atoms with van der Waals surface area (Å²) in [4.78, 5) is 8.97. The number of ether oxygens (including phenoxy) is 1. The van der Waals surface area contributed by atoms with Crippen molar-refractivity contribution >= 4 is 10.9 Å². The number of phenols is 1. The lowest BCUT2D eigenvalue weighted by Gasteiger charge is -2.10. The van der Waals surface area contributed by atoms with Crippen molar-refractivity contribution in [1.29, 1.82) is 0 Å². The first-order valence-electron chi connectivity index (χ1n) is 7.69. The van der Waals surface area contributed by atoms with Crippen LogP contribution in [0.3, 0.4) is 0 Å². The lowest BCUT2D eigenvalue weighted by molar-refractivity contribution is 0.465. The first-order chi connectivity index (χ1) is 12.2. The molecule has 5 heteroatoms. The van der Waals surface area contributed by atoms with Gasteiger partial charge >= 0.3 is 0 Å². The molecule has 0 aliphatic carbocycles. The van der Waals surface area contributed by atoms with Gasteiger partial charge in [0.25, 0.3) is 0 Å². The van der Waals surface area contributed by atoms with Crippen molar-refractivity contribution in [3.8, 4) is 28.8 Å². The number of fused-ring (bicyclic) bond motifs is 1. The molecule has 25 heavy (non-hydrogen) atoms. The van der Waals surface area contributed by atoms with Crippen molar-refractivity contribution in [3.63, 3.8) is 0 Å². The Morgan fingerprint density at radius 3 is 2.32 bits per heavy atom. The number of rotatable bonds is 3. The molecule has 0 saturated heterocycles. The number of hydrogen-bond acceptors (Lipinski definition) is 4. The van der Waals surface area contributed by atoms with Gasteiger partial charge in [0.2, 0.25) is 5.88 Å². The fourth-order valence-corrected chi connectivity index (χ4v) is 2.52. The fourth-order valence-electron chi connectivity index (χ4n) is 2.52. The van der Waals surface area contributed by atoms with E-state index in [1.54, 1.807) is 24.3 Å². The Bertz CT molecular complexity index is 1050. The predicted molar refractivity (Wildman–Crippen MR) is 93.1 cm³/mol. The summed E-state index contributed by atoms with van der Waals surface area (Å²) in [5, 5.41) is 10.8. The normalized spacial score (nSPS) is 10.8. The van der Waals surface area contributed by atoms with E-state index < -0.39 is 0 Å². The van der Waals surface area contributed by atoms with Crippen molar-refractivity contribution in [2.45, 2.75) is 0 Å². The molecule has 1 heterocycles. The van der Waals surface area contributed by atoms with Crippen LogP contribution in [-0.4, -0.2) is 15.1 Å². The van der Waals surface area contributed by atoms with Crippen LogP contribution in [0, 0.1) is 5.82 Å². The number of halogens is 1. The van der Waals surface area contributed by atoms with Crippen molar-refractivity contribution in [2.24, 2.45) is 0 Å². The van der Waals surface area contributed by atoms with Crippen LogP contribution in [0.5, 0.6) is 17.4 Å². The maximum absolute atomic E-state index is 13.1. The molecule has 0 radical (unpaired) electrons. The third-order valence-electron chi connectivity index (χ3n) is 3.74. The van der Waals surface area contributed by atoms with E-state index in [9.17, 15) is 9.50 Å². The number of phenolic OH excluding ortho intramolecular Hbond substituents is 1. The molecule has 0 saturated carbocycles. The summed E-state index contributed by atoms with van der Waals surface area (Å²) < 4.78 is 18.9. The highest BCUT2D eigenvalue weighted by molar-refractivity contribution is 5.85. The third kappa shape index (κ3) is 2.99. The maximum atomic E-state index is 13.1. The molecule has 0 aliphatic rings. The van der Waals surface area contributed by atoms with Gasteiger partial charge in [-0.15, -0.1) is 0 Å². The fraction of sp³-hybridized carbons (Fsp3) is 0. The van der Waals surface area contributed by atoms with Gasteiger partial charge in [0.15, 0.2) is 5.82 Å². The standard InChI is InChI=1S/C20H13FN2O2/c21-13-9-11-14(12-10-13)25-20-15-5-1-3-7-17(15)22-19(23-20)16-6-2-4-8-18(16)24/h1-12,24H. The van der Waals surface area contributed by atoms with Gasteiger partial charge in [-0.3, -0.25) is 0 Å². The van der Waals surface area contributed by atoms with E-state index in [1.165, 1.54) is 24.3 Å². The summed E-state index contributed by atoms with van der Waals surface area (Å²) in [5.41, 5.74) is 1.20. The smallest absolute Gasteiger partial charge is 0.230 e. The van der Waals surface area contributed by atoms with E-state index in [4.69, 9.17) is 4.74 Å². The Balaban J connectivity index is 1.87. The van der Waals surface area contributed by atoms with E-state index in [1.807, 2.05) is 24.3 Å². The van der Waals surface area contributed by atoms with Gasteiger partial charge in [0.05, 0.1) is 16.5 Å². The van der Waals surface area contributed by atoms with Gasteiger partial charge < -0.3 is 9.84 Å². The second-order valence-corrected chi connectivity index (χ2v) is 5.44. The van der Waals surface area contributed by atoms with E-state index in [0.29, 0.717) is 28.5 Å². The van der Waals surface area contributed by atoms with Crippen LogP contribution in [0.2, 0.25) is 0 Å². The minimum absolute atomic E-state index is 0.0884. The second kappa shape index (κ2) is 6.20. The summed E-state index contributed by atoms with van der Waals surface area (Å²) in [5.74, 6) is 0.915. The number of aromatic nitrogens is 2. The zero-order valence-electron chi connectivity index (χ0n) is 13.1. The minimum atomic E-state index is -0.338. The number of nitrogens with zero attached hydrogens (tertiary/aromatic N) is 2. The van der Waals surface area contributed by atoms with Crippen LogP contribution in [0.15, 0.2) is 72.8 Å². The maximum Gasteiger partial charge on any atom is 0.230 e. The van der Waals surface area contributed by atoms with Gasteiger partial charge in [-0.25, -0.2) is 9.37 Å². The second-order valence-electron chi connectivity index (χ2n) is 5.44. The SMILES string of the molecule is Oc1ccccc1-c1nc(Oc2ccc(F)cc2)c2ccccc2n1. The van der Waals surface area contributed by atoms with Crippen LogP contribution in [-0.2, 0) is 0 Å². The highest BCUT2D eigenvalue weighted by Gasteiger charge is 2.13. The number of hydrogen-bond donors (Lipinski definition) is 1. The Morgan fingerprint density at radius 2 is 1.52 bits per heavy atom. The molecule has 0 spiro atoms. The summed E-state index contributed by atoms with van der Waals surface area (Å²) in [7, 11) is 0. The highest BCUT2D eigenvalue weighted by Crippen LogP contribution is 2.32. The van der Waals surface area contributed by atoms with E-state index >= 15 is 0 Å². The quantitative estimate of drug-likeness (QED) is 0.578. The largest absolute Gasteiger partial charge is 0.507 e. The average Bonchev–Trinajstić information content (AvgIpc) is 2.64. The van der Waals surface area contributed by atoms with Gasteiger partial charge in [-0.05, 0) is 48.5 Å². The van der Waals surface area contributed by atoms with Crippen molar-refractivity contribution in [3.05, 3.63) is 78.6 Å².